The van der Waals surface area contributed by atoms with Gasteiger partial charge in [0.1, 0.15) is 0 Å². The Morgan fingerprint density at radius 1 is 1.24 bits per heavy atom. The second kappa shape index (κ2) is 4.39. The number of fused-ring (bicyclic) bond motifs is 1. The van der Waals surface area contributed by atoms with Crippen LogP contribution in [0.5, 0.6) is 0 Å². The van der Waals surface area contributed by atoms with Crippen molar-refractivity contribution in [3.05, 3.63) is 51.8 Å². The summed E-state index contributed by atoms with van der Waals surface area (Å²) >= 11 is 3.15. The first kappa shape index (κ1) is 10.6. The van der Waals surface area contributed by atoms with E-state index < -0.39 is 0 Å². The molecule has 0 unspecified atom stereocenters. The molecule has 3 aromatic rings. The molecule has 0 N–H and O–H groups in total. The third-order valence-corrected chi connectivity index (χ3v) is 4.34. The fourth-order valence-electron chi connectivity index (χ4n) is 1.78. The summed E-state index contributed by atoms with van der Waals surface area (Å²) in [6.07, 6.45) is 2.21. The van der Waals surface area contributed by atoms with Crippen molar-refractivity contribution in [2.24, 2.45) is 0 Å². The Labute approximate surface area is 107 Å². The molecule has 2 nitrogen and oxygen atoms in total. The number of Topliss-reactive ketones (excluding diaryl/α,β-unsaturated/α-hetero) is 1. The molecule has 0 amide bonds. The van der Waals surface area contributed by atoms with Gasteiger partial charge in [0, 0.05) is 38.5 Å². The van der Waals surface area contributed by atoms with E-state index in [2.05, 4.69) is 4.98 Å². The minimum atomic E-state index is 0.173. The minimum Gasteiger partial charge on any atom is -0.294 e. The second-order valence-electron chi connectivity index (χ2n) is 3.71. The van der Waals surface area contributed by atoms with Crippen LogP contribution in [0.3, 0.4) is 0 Å². The molecule has 17 heavy (non-hydrogen) atoms. The van der Waals surface area contributed by atoms with Crippen LogP contribution < -0.4 is 0 Å². The number of nitrogens with zero attached hydrogens (tertiary/aromatic N) is 1. The first-order chi connectivity index (χ1) is 8.34. The lowest BCUT2D eigenvalue weighted by Gasteiger charge is -1.96. The molecular formula is C13H9NOS2. The summed E-state index contributed by atoms with van der Waals surface area (Å²) < 4.78 is 1.17. The van der Waals surface area contributed by atoms with Crippen molar-refractivity contribution in [3.8, 4) is 0 Å². The molecule has 4 heteroatoms. The fraction of sp³-hybridized carbons (Fsp3) is 0.0769. The molecule has 1 aromatic carbocycles. The average Bonchev–Trinajstić information content (AvgIpc) is 2.96. The molecule has 2 heterocycles. The van der Waals surface area contributed by atoms with Crippen LogP contribution >= 0.6 is 22.7 Å². The fourth-order valence-corrected chi connectivity index (χ4v) is 3.34. The van der Waals surface area contributed by atoms with Gasteiger partial charge in [-0.2, -0.15) is 0 Å². The van der Waals surface area contributed by atoms with Gasteiger partial charge in [-0.15, -0.1) is 22.7 Å². The third kappa shape index (κ3) is 2.01. The van der Waals surface area contributed by atoms with Crippen LogP contribution in [-0.4, -0.2) is 10.8 Å². The topological polar surface area (TPSA) is 30.0 Å². The molecule has 0 saturated carbocycles. The van der Waals surface area contributed by atoms with E-state index in [0.29, 0.717) is 6.42 Å². The second-order valence-corrected chi connectivity index (χ2v) is 5.60. The van der Waals surface area contributed by atoms with E-state index in [9.17, 15) is 4.79 Å². The zero-order valence-corrected chi connectivity index (χ0v) is 10.6. The SMILES string of the molecule is O=C(Cc1cncs1)c1csc2ccccc12. The van der Waals surface area contributed by atoms with Gasteiger partial charge < -0.3 is 0 Å². The molecule has 0 aliphatic rings. The third-order valence-electron chi connectivity index (χ3n) is 2.60. The van der Waals surface area contributed by atoms with Crippen LogP contribution in [0.2, 0.25) is 0 Å². The van der Waals surface area contributed by atoms with E-state index in [1.54, 1.807) is 23.0 Å². The first-order valence-corrected chi connectivity index (χ1v) is 6.97. The Hall–Kier alpha value is -1.52. The molecule has 0 atom stereocenters. The zero-order chi connectivity index (χ0) is 11.7. The molecule has 0 radical (unpaired) electrons. The van der Waals surface area contributed by atoms with Gasteiger partial charge in [-0.05, 0) is 6.07 Å². The number of rotatable bonds is 3. The summed E-state index contributed by atoms with van der Waals surface area (Å²) in [6, 6.07) is 8.02. The lowest BCUT2D eigenvalue weighted by molar-refractivity contribution is 0.0995. The summed E-state index contributed by atoms with van der Waals surface area (Å²) in [4.78, 5) is 17.2. The molecule has 0 spiro atoms. The van der Waals surface area contributed by atoms with Crippen molar-refractivity contribution in [1.82, 2.24) is 4.98 Å². The highest BCUT2D eigenvalue weighted by Gasteiger charge is 2.12. The van der Waals surface area contributed by atoms with Crippen molar-refractivity contribution in [2.75, 3.05) is 0 Å². The maximum atomic E-state index is 12.2. The van der Waals surface area contributed by atoms with Crippen LogP contribution in [0.4, 0.5) is 0 Å². The number of hydrogen-bond acceptors (Lipinski definition) is 4. The maximum Gasteiger partial charge on any atom is 0.169 e. The summed E-state index contributed by atoms with van der Waals surface area (Å²) in [6.45, 7) is 0. The zero-order valence-electron chi connectivity index (χ0n) is 8.92. The molecule has 0 aliphatic carbocycles. The molecule has 84 valence electrons. The predicted octanol–water partition coefficient (Wildman–Crippen LogP) is 3.78. The van der Waals surface area contributed by atoms with Crippen LogP contribution in [0.25, 0.3) is 10.1 Å². The van der Waals surface area contributed by atoms with Crippen molar-refractivity contribution < 1.29 is 4.79 Å². The maximum absolute atomic E-state index is 12.2. The highest BCUT2D eigenvalue weighted by atomic mass is 32.1. The Morgan fingerprint density at radius 2 is 2.12 bits per heavy atom. The Kier molecular flexibility index (Phi) is 2.74. The van der Waals surface area contributed by atoms with Gasteiger partial charge >= 0.3 is 0 Å². The Balaban J connectivity index is 1.96. The molecule has 0 saturated heterocycles. The highest BCUT2D eigenvalue weighted by molar-refractivity contribution is 7.17. The molecular weight excluding hydrogens is 250 g/mol. The summed E-state index contributed by atoms with van der Waals surface area (Å²) in [5, 5.41) is 3.01. The molecule has 3 rings (SSSR count). The van der Waals surface area contributed by atoms with Crippen molar-refractivity contribution in [3.63, 3.8) is 0 Å². The molecule has 2 aromatic heterocycles. The first-order valence-electron chi connectivity index (χ1n) is 5.21. The lowest BCUT2D eigenvalue weighted by Crippen LogP contribution is -2.00. The lowest BCUT2D eigenvalue weighted by atomic mass is 10.1. The van der Waals surface area contributed by atoms with Gasteiger partial charge in [0.25, 0.3) is 0 Å². The predicted molar refractivity (Wildman–Crippen MR) is 72.0 cm³/mol. The number of thiophene rings is 1. The largest absolute Gasteiger partial charge is 0.294 e. The number of thiazole rings is 1. The summed E-state index contributed by atoms with van der Waals surface area (Å²) in [5.74, 6) is 0.173. The average molecular weight is 259 g/mol. The normalized spacial score (nSPS) is 10.8. The number of hydrogen-bond donors (Lipinski definition) is 0. The van der Waals surface area contributed by atoms with E-state index in [4.69, 9.17) is 0 Å². The van der Waals surface area contributed by atoms with E-state index in [1.165, 1.54) is 16.0 Å². The quantitative estimate of drug-likeness (QED) is 0.670. The molecule has 0 aliphatic heterocycles. The summed E-state index contributed by atoms with van der Waals surface area (Å²) in [5.41, 5.74) is 2.59. The smallest absolute Gasteiger partial charge is 0.169 e. The molecule has 0 bridgehead atoms. The van der Waals surface area contributed by atoms with Crippen LogP contribution in [0, 0.1) is 0 Å². The van der Waals surface area contributed by atoms with Crippen molar-refractivity contribution >= 4 is 38.5 Å². The van der Waals surface area contributed by atoms with Crippen LogP contribution in [0.1, 0.15) is 15.2 Å². The van der Waals surface area contributed by atoms with Gasteiger partial charge in [0.2, 0.25) is 0 Å². The Morgan fingerprint density at radius 3 is 2.94 bits per heavy atom. The van der Waals surface area contributed by atoms with Crippen LogP contribution in [-0.2, 0) is 6.42 Å². The van der Waals surface area contributed by atoms with Gasteiger partial charge in [-0.3, -0.25) is 9.78 Å². The van der Waals surface area contributed by atoms with E-state index in [0.717, 1.165) is 15.8 Å². The van der Waals surface area contributed by atoms with Gasteiger partial charge in [-0.25, -0.2) is 0 Å². The number of benzene rings is 1. The number of aromatic nitrogens is 1. The van der Waals surface area contributed by atoms with Crippen molar-refractivity contribution in [2.45, 2.75) is 6.42 Å². The van der Waals surface area contributed by atoms with E-state index in [1.807, 2.05) is 29.6 Å². The van der Waals surface area contributed by atoms with Crippen molar-refractivity contribution in [1.29, 1.82) is 0 Å². The highest BCUT2D eigenvalue weighted by Crippen LogP contribution is 2.26. The standard InChI is InChI=1S/C13H9NOS2/c15-12(5-9-6-14-8-17-9)11-7-16-13-4-2-1-3-10(11)13/h1-4,6-8H,5H2. The Bertz CT molecular complexity index is 655. The summed E-state index contributed by atoms with van der Waals surface area (Å²) in [7, 11) is 0. The number of carbonyl (C=O) groups excluding carboxylic acids is 1. The molecule has 0 fully saturated rings. The minimum absolute atomic E-state index is 0.173. The van der Waals surface area contributed by atoms with E-state index >= 15 is 0 Å². The number of carbonyl (C=O) groups is 1. The van der Waals surface area contributed by atoms with Crippen LogP contribution in [0.15, 0.2) is 41.4 Å². The van der Waals surface area contributed by atoms with Gasteiger partial charge in [-0.1, -0.05) is 18.2 Å². The van der Waals surface area contributed by atoms with Gasteiger partial charge in [0.15, 0.2) is 5.78 Å². The van der Waals surface area contributed by atoms with E-state index in [-0.39, 0.29) is 5.78 Å². The monoisotopic (exact) mass is 259 g/mol. The van der Waals surface area contributed by atoms with Gasteiger partial charge in [0.05, 0.1) is 5.51 Å². The number of ketones is 1.